The molecular weight excluding hydrogens is 459 g/mol. The summed E-state index contributed by atoms with van der Waals surface area (Å²) in [6.07, 6.45) is 0. The van der Waals surface area contributed by atoms with Crippen LogP contribution in [0, 0.1) is 0 Å². The van der Waals surface area contributed by atoms with E-state index in [4.69, 9.17) is 23.2 Å². The maximum absolute atomic E-state index is 6.31. The van der Waals surface area contributed by atoms with E-state index in [-0.39, 0.29) is 0 Å². The third kappa shape index (κ3) is 3.32. The van der Waals surface area contributed by atoms with Crippen LogP contribution in [0.3, 0.4) is 0 Å². The molecule has 2 nitrogen and oxygen atoms in total. The van der Waals surface area contributed by atoms with Gasteiger partial charge in [0.05, 0.1) is 10.4 Å². The second-order valence-electron chi connectivity index (χ2n) is 4.14. The number of hydrogen-bond donors (Lipinski definition) is 0. The van der Waals surface area contributed by atoms with Crippen LogP contribution in [0.5, 0.6) is 0 Å². The summed E-state index contributed by atoms with van der Waals surface area (Å²) in [6, 6.07) is 9.62. The quantitative estimate of drug-likeness (QED) is 0.394. The summed E-state index contributed by atoms with van der Waals surface area (Å²) >= 11 is 21.0. The molecule has 0 saturated heterocycles. The Morgan fingerprint density at radius 2 is 1.52 bits per heavy atom. The van der Waals surface area contributed by atoms with Crippen molar-refractivity contribution in [2.75, 3.05) is 0 Å². The molecule has 7 heteroatoms. The fraction of sp³-hybridized carbons (Fsp3) is 0. The normalized spacial score (nSPS) is 10.9. The molecular formula is C14H6Br2Cl2N2S. The van der Waals surface area contributed by atoms with E-state index in [9.17, 15) is 0 Å². The molecule has 2 aromatic heterocycles. The molecule has 0 atom stereocenters. The molecule has 0 aliphatic carbocycles. The number of aromatic nitrogens is 2. The van der Waals surface area contributed by atoms with E-state index >= 15 is 0 Å². The summed E-state index contributed by atoms with van der Waals surface area (Å²) in [5.74, 6) is 0.529. The molecule has 0 bridgehead atoms. The largest absolute Gasteiger partial charge is 0.215 e. The fourth-order valence-corrected chi connectivity index (χ4v) is 4.03. The monoisotopic (exact) mass is 462 g/mol. The lowest BCUT2D eigenvalue weighted by Crippen LogP contribution is -1.93. The van der Waals surface area contributed by atoms with E-state index in [0.29, 0.717) is 21.7 Å². The van der Waals surface area contributed by atoms with Crippen molar-refractivity contribution in [3.05, 3.63) is 55.0 Å². The molecule has 0 amide bonds. The summed E-state index contributed by atoms with van der Waals surface area (Å²) in [5, 5.41) is 2.65. The number of rotatable bonds is 2. The molecule has 0 fully saturated rings. The van der Waals surface area contributed by atoms with Gasteiger partial charge in [-0.25, -0.2) is 9.97 Å². The Bertz CT molecular complexity index is 780. The van der Waals surface area contributed by atoms with Crippen molar-refractivity contribution in [2.24, 2.45) is 0 Å². The van der Waals surface area contributed by atoms with Crippen molar-refractivity contribution in [3.8, 4) is 21.8 Å². The number of thiophene rings is 1. The van der Waals surface area contributed by atoms with Gasteiger partial charge >= 0.3 is 0 Å². The van der Waals surface area contributed by atoms with E-state index in [0.717, 1.165) is 19.4 Å². The zero-order valence-electron chi connectivity index (χ0n) is 10.3. The van der Waals surface area contributed by atoms with Crippen molar-refractivity contribution in [3.63, 3.8) is 0 Å². The van der Waals surface area contributed by atoms with Crippen molar-refractivity contribution >= 4 is 66.4 Å². The van der Waals surface area contributed by atoms with Gasteiger partial charge in [-0.05, 0) is 39.7 Å². The standard InChI is InChI=1S/C14H6Br2Cl2N2S/c15-8-3-1-7(2-4-8)11-12(17)19-14(20-13(11)18)10-5-9(16)6-21-10/h1-6H. The third-order valence-corrected chi connectivity index (χ3v) is 5.50. The SMILES string of the molecule is Clc1nc(-c2cc(Br)cs2)nc(Cl)c1-c1ccc(Br)cc1. The number of hydrogen-bond acceptors (Lipinski definition) is 3. The molecule has 2 heterocycles. The predicted octanol–water partition coefficient (Wildman–Crippen LogP) is 6.70. The predicted molar refractivity (Wildman–Crippen MR) is 96.2 cm³/mol. The zero-order chi connectivity index (χ0) is 15.0. The highest BCUT2D eigenvalue weighted by Crippen LogP contribution is 2.36. The van der Waals surface area contributed by atoms with Crippen molar-refractivity contribution in [1.82, 2.24) is 9.97 Å². The molecule has 0 spiro atoms. The molecule has 0 aliphatic heterocycles. The molecule has 0 saturated carbocycles. The van der Waals surface area contributed by atoms with Crippen LogP contribution in [-0.4, -0.2) is 9.97 Å². The first kappa shape index (κ1) is 15.4. The smallest absolute Gasteiger partial charge is 0.172 e. The Labute approximate surface area is 152 Å². The molecule has 3 rings (SSSR count). The minimum absolute atomic E-state index is 0.344. The van der Waals surface area contributed by atoms with Gasteiger partial charge in [-0.15, -0.1) is 11.3 Å². The zero-order valence-corrected chi connectivity index (χ0v) is 15.8. The average molecular weight is 465 g/mol. The van der Waals surface area contributed by atoms with Gasteiger partial charge in [-0.1, -0.05) is 51.3 Å². The van der Waals surface area contributed by atoms with Crippen LogP contribution in [0.4, 0.5) is 0 Å². The Kier molecular flexibility index (Phi) is 4.66. The van der Waals surface area contributed by atoms with E-state index < -0.39 is 0 Å². The Hall–Kier alpha value is -0.460. The van der Waals surface area contributed by atoms with Crippen LogP contribution in [0.15, 0.2) is 44.7 Å². The van der Waals surface area contributed by atoms with Gasteiger partial charge in [0.1, 0.15) is 10.3 Å². The van der Waals surface area contributed by atoms with Gasteiger partial charge in [0.2, 0.25) is 0 Å². The van der Waals surface area contributed by atoms with Crippen molar-refractivity contribution in [1.29, 1.82) is 0 Å². The molecule has 0 N–H and O–H groups in total. The molecule has 106 valence electrons. The van der Waals surface area contributed by atoms with Crippen LogP contribution >= 0.6 is 66.4 Å². The lowest BCUT2D eigenvalue weighted by atomic mass is 10.1. The van der Waals surface area contributed by atoms with Gasteiger partial charge in [-0.3, -0.25) is 0 Å². The van der Waals surface area contributed by atoms with Crippen LogP contribution < -0.4 is 0 Å². The molecule has 0 unspecified atom stereocenters. The maximum Gasteiger partial charge on any atom is 0.172 e. The Morgan fingerprint density at radius 1 is 0.905 bits per heavy atom. The highest BCUT2D eigenvalue weighted by Gasteiger charge is 2.15. The summed E-state index contributed by atoms with van der Waals surface area (Å²) < 4.78 is 1.97. The van der Waals surface area contributed by atoms with Crippen LogP contribution in [-0.2, 0) is 0 Å². The first-order valence-electron chi connectivity index (χ1n) is 5.78. The van der Waals surface area contributed by atoms with Gasteiger partial charge in [-0.2, -0.15) is 0 Å². The van der Waals surface area contributed by atoms with Gasteiger partial charge in [0, 0.05) is 14.3 Å². The topological polar surface area (TPSA) is 25.8 Å². The summed E-state index contributed by atoms with van der Waals surface area (Å²) in [4.78, 5) is 9.64. The number of halogens is 4. The molecule has 1 aromatic carbocycles. The molecule has 0 radical (unpaired) electrons. The summed E-state index contributed by atoms with van der Waals surface area (Å²) in [6.45, 7) is 0. The van der Waals surface area contributed by atoms with E-state index in [1.54, 1.807) is 0 Å². The van der Waals surface area contributed by atoms with E-state index in [1.807, 2.05) is 35.7 Å². The van der Waals surface area contributed by atoms with Gasteiger partial charge in [0.25, 0.3) is 0 Å². The average Bonchev–Trinajstić information content (AvgIpc) is 2.87. The lowest BCUT2D eigenvalue weighted by Gasteiger charge is -2.08. The van der Waals surface area contributed by atoms with Crippen LogP contribution in [0.1, 0.15) is 0 Å². The summed E-state index contributed by atoms with van der Waals surface area (Å²) in [5.41, 5.74) is 1.53. The highest BCUT2D eigenvalue weighted by molar-refractivity contribution is 9.10. The van der Waals surface area contributed by atoms with Crippen molar-refractivity contribution < 1.29 is 0 Å². The summed E-state index contributed by atoms with van der Waals surface area (Å²) in [7, 11) is 0. The number of benzene rings is 1. The third-order valence-electron chi connectivity index (χ3n) is 2.74. The first-order chi connectivity index (χ1) is 10.0. The first-order valence-corrected chi connectivity index (χ1v) is 9.00. The maximum atomic E-state index is 6.31. The lowest BCUT2D eigenvalue weighted by molar-refractivity contribution is 1.19. The van der Waals surface area contributed by atoms with E-state index in [2.05, 4.69) is 41.8 Å². The molecule has 21 heavy (non-hydrogen) atoms. The van der Waals surface area contributed by atoms with Gasteiger partial charge < -0.3 is 0 Å². The van der Waals surface area contributed by atoms with Gasteiger partial charge in [0.15, 0.2) is 5.82 Å². The number of nitrogens with zero attached hydrogens (tertiary/aromatic N) is 2. The second-order valence-corrected chi connectivity index (χ2v) is 7.60. The molecule has 0 aliphatic rings. The Balaban J connectivity index is 2.10. The fourth-order valence-electron chi connectivity index (χ4n) is 1.80. The molecule has 3 aromatic rings. The highest BCUT2D eigenvalue weighted by atomic mass is 79.9. The van der Waals surface area contributed by atoms with E-state index in [1.165, 1.54) is 11.3 Å². The minimum atomic E-state index is 0.344. The van der Waals surface area contributed by atoms with Crippen molar-refractivity contribution in [2.45, 2.75) is 0 Å². The minimum Gasteiger partial charge on any atom is -0.215 e. The van der Waals surface area contributed by atoms with Crippen LogP contribution in [0.2, 0.25) is 10.3 Å². The Morgan fingerprint density at radius 3 is 2.05 bits per heavy atom. The van der Waals surface area contributed by atoms with Crippen LogP contribution in [0.25, 0.3) is 21.8 Å². The second kappa shape index (κ2) is 6.34.